The molecule has 96 valence electrons. The fourth-order valence-electron chi connectivity index (χ4n) is 1.69. The van der Waals surface area contributed by atoms with Gasteiger partial charge in [0.1, 0.15) is 6.04 Å². The fourth-order valence-corrected chi connectivity index (χ4v) is 2.05. The number of carboxylic acid groups (broad SMARTS) is 1. The maximum absolute atomic E-state index is 11.9. The van der Waals surface area contributed by atoms with E-state index in [4.69, 9.17) is 5.11 Å². The van der Waals surface area contributed by atoms with E-state index in [2.05, 4.69) is 26.2 Å². The molecule has 1 unspecified atom stereocenters. The average Bonchev–Trinajstić information content (AvgIpc) is 3.12. The van der Waals surface area contributed by atoms with E-state index in [1.54, 1.807) is 12.3 Å². The summed E-state index contributed by atoms with van der Waals surface area (Å²) in [5.74, 6) is -0.956. The molecule has 0 aromatic carbocycles. The molecule has 1 saturated carbocycles. The molecule has 0 spiro atoms. The molecule has 2 rings (SSSR count). The smallest absolute Gasteiger partial charge is 0.326 e. The molecule has 1 aromatic heterocycles. The number of nitrogens with zero attached hydrogens (tertiary/aromatic N) is 1. The molecule has 0 bridgehead atoms. The molecule has 1 aliphatic carbocycles. The average molecular weight is 313 g/mol. The number of nitrogens with one attached hydrogen (secondary N) is 1. The van der Waals surface area contributed by atoms with Crippen LogP contribution in [0.3, 0.4) is 0 Å². The Morgan fingerprint density at radius 2 is 2.22 bits per heavy atom. The number of rotatable bonds is 5. The number of hydrogen-bond acceptors (Lipinski definition) is 3. The third-order valence-electron chi connectivity index (χ3n) is 2.84. The highest BCUT2D eigenvalue weighted by molar-refractivity contribution is 9.10. The number of aromatic nitrogens is 1. The molecule has 1 amide bonds. The minimum Gasteiger partial charge on any atom is -0.480 e. The van der Waals surface area contributed by atoms with Crippen molar-refractivity contribution >= 4 is 27.8 Å². The van der Waals surface area contributed by atoms with Crippen LogP contribution in [-0.2, 0) is 4.79 Å². The lowest BCUT2D eigenvalue weighted by Gasteiger charge is -2.13. The molecule has 1 aliphatic rings. The van der Waals surface area contributed by atoms with Gasteiger partial charge in [0, 0.05) is 16.9 Å². The number of amides is 1. The first kappa shape index (κ1) is 13.0. The maximum atomic E-state index is 11.9. The van der Waals surface area contributed by atoms with Crippen LogP contribution in [-0.4, -0.2) is 28.0 Å². The van der Waals surface area contributed by atoms with Crippen LogP contribution in [0.5, 0.6) is 0 Å². The highest BCUT2D eigenvalue weighted by atomic mass is 79.9. The predicted molar refractivity (Wildman–Crippen MR) is 68.2 cm³/mol. The molecular weight excluding hydrogens is 300 g/mol. The quantitative estimate of drug-likeness (QED) is 0.869. The van der Waals surface area contributed by atoms with E-state index in [1.807, 2.05) is 0 Å². The van der Waals surface area contributed by atoms with Crippen molar-refractivity contribution in [1.82, 2.24) is 10.3 Å². The summed E-state index contributed by atoms with van der Waals surface area (Å²) in [6.07, 6.45) is 5.59. The lowest BCUT2D eigenvalue weighted by molar-refractivity contribution is -0.139. The first-order valence-electron chi connectivity index (χ1n) is 5.70. The second-order valence-electron chi connectivity index (χ2n) is 4.44. The van der Waals surface area contributed by atoms with Gasteiger partial charge < -0.3 is 10.4 Å². The van der Waals surface area contributed by atoms with E-state index in [0.29, 0.717) is 22.4 Å². The minimum absolute atomic E-state index is 0.353. The summed E-state index contributed by atoms with van der Waals surface area (Å²) in [7, 11) is 0. The molecule has 1 fully saturated rings. The summed E-state index contributed by atoms with van der Waals surface area (Å²) in [4.78, 5) is 26.8. The van der Waals surface area contributed by atoms with Crippen molar-refractivity contribution in [2.45, 2.75) is 25.3 Å². The monoisotopic (exact) mass is 312 g/mol. The van der Waals surface area contributed by atoms with E-state index in [9.17, 15) is 9.59 Å². The number of carboxylic acids is 1. The van der Waals surface area contributed by atoms with E-state index in [0.717, 1.165) is 12.8 Å². The van der Waals surface area contributed by atoms with Crippen molar-refractivity contribution in [2.24, 2.45) is 5.92 Å². The van der Waals surface area contributed by atoms with Gasteiger partial charge in [-0.3, -0.25) is 9.78 Å². The number of carbonyl (C=O) groups excluding carboxylic acids is 1. The second kappa shape index (κ2) is 5.48. The number of halogens is 1. The van der Waals surface area contributed by atoms with Crippen LogP contribution < -0.4 is 5.32 Å². The fraction of sp³-hybridized carbons (Fsp3) is 0.417. The molecule has 18 heavy (non-hydrogen) atoms. The van der Waals surface area contributed by atoms with Gasteiger partial charge in [-0.2, -0.15) is 0 Å². The van der Waals surface area contributed by atoms with E-state index in [-0.39, 0.29) is 0 Å². The van der Waals surface area contributed by atoms with Crippen LogP contribution in [0.15, 0.2) is 22.9 Å². The highest BCUT2D eigenvalue weighted by Gasteiger charge is 2.30. The van der Waals surface area contributed by atoms with Crippen LogP contribution in [0, 0.1) is 5.92 Å². The number of hydrogen-bond donors (Lipinski definition) is 2. The summed E-state index contributed by atoms with van der Waals surface area (Å²) in [5, 5.41) is 11.6. The zero-order valence-corrected chi connectivity index (χ0v) is 11.2. The van der Waals surface area contributed by atoms with Gasteiger partial charge in [0.2, 0.25) is 0 Å². The Hall–Kier alpha value is -1.43. The van der Waals surface area contributed by atoms with Gasteiger partial charge in [0.05, 0.1) is 5.56 Å². The number of aliphatic carboxylic acids is 1. The summed E-state index contributed by atoms with van der Waals surface area (Å²) in [6, 6.07) is 0.794. The molecular formula is C12H13BrN2O3. The minimum atomic E-state index is -0.988. The zero-order chi connectivity index (χ0) is 13.1. The molecule has 1 aromatic rings. The number of carbonyl (C=O) groups is 2. The van der Waals surface area contributed by atoms with Gasteiger partial charge in [-0.05, 0) is 34.3 Å². The summed E-state index contributed by atoms with van der Waals surface area (Å²) in [5.41, 5.74) is 0.353. The predicted octanol–water partition coefficient (Wildman–Crippen LogP) is 1.83. The van der Waals surface area contributed by atoms with E-state index >= 15 is 0 Å². The summed E-state index contributed by atoms with van der Waals surface area (Å²) >= 11 is 3.22. The van der Waals surface area contributed by atoms with Crippen molar-refractivity contribution in [3.63, 3.8) is 0 Å². The van der Waals surface area contributed by atoms with E-state index < -0.39 is 17.9 Å². The Labute approximate surface area is 113 Å². The van der Waals surface area contributed by atoms with Crippen molar-refractivity contribution < 1.29 is 14.7 Å². The van der Waals surface area contributed by atoms with Crippen molar-refractivity contribution in [1.29, 1.82) is 0 Å². The van der Waals surface area contributed by atoms with Gasteiger partial charge >= 0.3 is 5.97 Å². The van der Waals surface area contributed by atoms with Gasteiger partial charge in [-0.15, -0.1) is 0 Å². The second-order valence-corrected chi connectivity index (χ2v) is 5.35. The van der Waals surface area contributed by atoms with Crippen LogP contribution in [0.4, 0.5) is 0 Å². The van der Waals surface area contributed by atoms with E-state index in [1.165, 1.54) is 6.20 Å². The van der Waals surface area contributed by atoms with Crippen molar-refractivity contribution in [2.75, 3.05) is 0 Å². The first-order chi connectivity index (χ1) is 8.56. The van der Waals surface area contributed by atoms with Crippen molar-refractivity contribution in [3.8, 4) is 0 Å². The topological polar surface area (TPSA) is 79.3 Å². The molecule has 6 heteroatoms. The van der Waals surface area contributed by atoms with Crippen LogP contribution >= 0.6 is 15.9 Å². The third kappa shape index (κ3) is 3.53. The Bertz CT molecular complexity index is 474. The molecule has 5 nitrogen and oxygen atoms in total. The lowest BCUT2D eigenvalue weighted by atomic mass is 10.1. The van der Waals surface area contributed by atoms with Crippen LogP contribution in [0.2, 0.25) is 0 Å². The van der Waals surface area contributed by atoms with Gasteiger partial charge in [-0.25, -0.2) is 4.79 Å². The molecule has 2 N–H and O–H groups in total. The zero-order valence-electron chi connectivity index (χ0n) is 9.60. The molecule has 0 radical (unpaired) electrons. The Kier molecular flexibility index (Phi) is 3.96. The molecule has 0 aliphatic heterocycles. The maximum Gasteiger partial charge on any atom is 0.326 e. The SMILES string of the molecule is O=C(NC(CC1CC1)C(=O)O)c1cncc(Br)c1. The van der Waals surface area contributed by atoms with Gasteiger partial charge in [-0.1, -0.05) is 12.8 Å². The lowest BCUT2D eigenvalue weighted by Crippen LogP contribution is -2.41. The molecule has 1 heterocycles. The summed E-state index contributed by atoms with van der Waals surface area (Å²) in [6.45, 7) is 0. The largest absolute Gasteiger partial charge is 0.480 e. The first-order valence-corrected chi connectivity index (χ1v) is 6.50. The van der Waals surface area contributed by atoms with Crippen LogP contribution in [0.25, 0.3) is 0 Å². The molecule has 1 atom stereocenters. The van der Waals surface area contributed by atoms with Gasteiger partial charge in [0.25, 0.3) is 5.91 Å². The number of pyridine rings is 1. The Morgan fingerprint density at radius 1 is 1.50 bits per heavy atom. The Morgan fingerprint density at radius 3 is 2.78 bits per heavy atom. The summed E-state index contributed by atoms with van der Waals surface area (Å²) < 4.78 is 0.684. The normalized spacial score (nSPS) is 16.1. The standard InChI is InChI=1S/C12H13BrN2O3/c13-9-4-8(5-14-6-9)11(16)15-10(12(17)18)3-7-1-2-7/h4-7,10H,1-3H2,(H,15,16)(H,17,18). The highest BCUT2D eigenvalue weighted by Crippen LogP contribution is 2.33. The van der Waals surface area contributed by atoms with Crippen LogP contribution in [0.1, 0.15) is 29.6 Å². The van der Waals surface area contributed by atoms with Crippen molar-refractivity contribution in [3.05, 3.63) is 28.5 Å². The van der Waals surface area contributed by atoms with Gasteiger partial charge in [0.15, 0.2) is 0 Å². The Balaban J connectivity index is 2.01. The third-order valence-corrected chi connectivity index (χ3v) is 3.27. The molecule has 0 saturated heterocycles.